The molecule has 0 radical (unpaired) electrons. The van der Waals surface area contributed by atoms with Crippen LogP contribution in [0.5, 0.6) is 0 Å². The first-order valence-electron chi connectivity index (χ1n) is 5.65. The largest absolute Gasteiger partial charge is 0.480 e. The van der Waals surface area contributed by atoms with Crippen LogP contribution in [0, 0.1) is 0 Å². The summed E-state index contributed by atoms with van der Waals surface area (Å²) < 4.78 is 6.32. The van der Waals surface area contributed by atoms with Crippen LogP contribution in [-0.2, 0) is 23.0 Å². The Morgan fingerprint density at radius 1 is 1.56 bits per heavy atom. The van der Waals surface area contributed by atoms with E-state index in [-0.39, 0.29) is 25.7 Å². The number of amides is 1. The second kappa shape index (κ2) is 6.75. The average Bonchev–Trinajstić information content (AvgIpc) is 2.69. The van der Waals surface area contributed by atoms with Crippen LogP contribution in [0.1, 0.15) is 23.1 Å². The van der Waals surface area contributed by atoms with Gasteiger partial charge in [-0.05, 0) is 12.5 Å². The third kappa shape index (κ3) is 4.17. The number of carbonyl (C=O) groups excluding carboxylic acids is 1. The van der Waals surface area contributed by atoms with Gasteiger partial charge in [-0.3, -0.25) is 9.48 Å². The zero-order valence-corrected chi connectivity index (χ0v) is 10.5. The summed E-state index contributed by atoms with van der Waals surface area (Å²) in [6.07, 6.45) is 0.767. The van der Waals surface area contributed by atoms with Crippen molar-refractivity contribution in [3.63, 3.8) is 0 Å². The summed E-state index contributed by atoms with van der Waals surface area (Å²) in [5, 5.41) is 15.1. The lowest BCUT2D eigenvalue weighted by atomic mass is 10.3. The molecule has 0 aromatic carbocycles. The predicted octanol–water partition coefficient (Wildman–Crippen LogP) is -0.186. The first-order valence-corrected chi connectivity index (χ1v) is 5.65. The van der Waals surface area contributed by atoms with E-state index in [9.17, 15) is 9.59 Å². The van der Waals surface area contributed by atoms with E-state index in [2.05, 4.69) is 10.4 Å². The molecule has 2 N–H and O–H groups in total. The molecule has 0 aliphatic carbocycles. The van der Waals surface area contributed by atoms with Crippen molar-refractivity contribution in [2.75, 3.05) is 19.8 Å². The minimum Gasteiger partial charge on any atom is -0.480 e. The molecule has 1 aromatic heterocycles. The van der Waals surface area contributed by atoms with Gasteiger partial charge in [-0.2, -0.15) is 5.10 Å². The highest BCUT2D eigenvalue weighted by Gasteiger charge is 2.11. The van der Waals surface area contributed by atoms with Crippen molar-refractivity contribution >= 4 is 11.9 Å². The van der Waals surface area contributed by atoms with Crippen molar-refractivity contribution in [3.8, 4) is 0 Å². The lowest BCUT2D eigenvalue weighted by Crippen LogP contribution is -2.29. The van der Waals surface area contributed by atoms with E-state index in [0.29, 0.717) is 5.69 Å². The highest BCUT2D eigenvalue weighted by atomic mass is 16.5. The maximum atomic E-state index is 11.7. The van der Waals surface area contributed by atoms with Gasteiger partial charge in [-0.15, -0.1) is 0 Å². The van der Waals surface area contributed by atoms with Gasteiger partial charge in [0.1, 0.15) is 12.3 Å². The van der Waals surface area contributed by atoms with Gasteiger partial charge in [0.2, 0.25) is 0 Å². The molecule has 0 unspecified atom stereocenters. The van der Waals surface area contributed by atoms with Gasteiger partial charge in [0.15, 0.2) is 0 Å². The van der Waals surface area contributed by atoms with E-state index in [4.69, 9.17) is 9.84 Å². The average molecular weight is 255 g/mol. The SMILES string of the molecule is CCc1cc(C(=O)NCCOCC(=O)O)n(C)n1. The number of carboxylic acids is 1. The fraction of sp³-hybridized carbons (Fsp3) is 0.545. The first kappa shape index (κ1) is 14.2. The van der Waals surface area contributed by atoms with Gasteiger partial charge < -0.3 is 15.2 Å². The fourth-order valence-electron chi connectivity index (χ4n) is 1.40. The van der Waals surface area contributed by atoms with Crippen molar-refractivity contribution < 1.29 is 19.4 Å². The maximum Gasteiger partial charge on any atom is 0.329 e. The number of carbonyl (C=O) groups is 2. The van der Waals surface area contributed by atoms with E-state index in [0.717, 1.165) is 12.1 Å². The Morgan fingerprint density at radius 2 is 2.28 bits per heavy atom. The van der Waals surface area contributed by atoms with Gasteiger partial charge in [-0.1, -0.05) is 6.92 Å². The molecule has 18 heavy (non-hydrogen) atoms. The number of aromatic nitrogens is 2. The number of ether oxygens (including phenoxy) is 1. The zero-order valence-electron chi connectivity index (χ0n) is 10.5. The highest BCUT2D eigenvalue weighted by Crippen LogP contribution is 2.03. The Morgan fingerprint density at radius 3 is 2.83 bits per heavy atom. The molecule has 100 valence electrons. The summed E-state index contributed by atoms with van der Waals surface area (Å²) in [6, 6.07) is 1.73. The van der Waals surface area contributed by atoms with Crippen molar-refractivity contribution in [1.29, 1.82) is 0 Å². The van der Waals surface area contributed by atoms with Crippen LogP contribution < -0.4 is 5.32 Å². The minimum absolute atomic E-state index is 0.163. The molecule has 0 aliphatic heterocycles. The summed E-state index contributed by atoms with van der Waals surface area (Å²) >= 11 is 0. The molecule has 0 atom stereocenters. The van der Waals surface area contributed by atoms with Gasteiger partial charge in [0.05, 0.1) is 12.3 Å². The van der Waals surface area contributed by atoms with Crippen molar-refractivity contribution in [2.45, 2.75) is 13.3 Å². The van der Waals surface area contributed by atoms with Gasteiger partial charge >= 0.3 is 5.97 Å². The van der Waals surface area contributed by atoms with Crippen LogP contribution in [-0.4, -0.2) is 46.5 Å². The third-order valence-corrected chi connectivity index (χ3v) is 2.28. The second-order valence-electron chi connectivity index (χ2n) is 3.70. The Labute approximate surface area is 105 Å². The quantitative estimate of drug-likeness (QED) is 0.659. The third-order valence-electron chi connectivity index (χ3n) is 2.28. The molecule has 0 bridgehead atoms. The summed E-state index contributed by atoms with van der Waals surface area (Å²) in [6.45, 7) is 2.03. The Kier molecular flexibility index (Phi) is 5.31. The zero-order chi connectivity index (χ0) is 13.5. The number of aryl methyl sites for hydroxylation is 2. The molecule has 0 saturated heterocycles. The molecule has 0 spiro atoms. The standard InChI is InChI=1S/C11H17N3O4/c1-3-8-6-9(14(2)13-8)11(17)12-4-5-18-7-10(15)16/h6H,3-5,7H2,1-2H3,(H,12,17)(H,15,16). The van der Waals surface area contributed by atoms with Gasteiger partial charge in [0.25, 0.3) is 5.91 Å². The van der Waals surface area contributed by atoms with Gasteiger partial charge in [-0.25, -0.2) is 4.79 Å². The molecule has 0 aliphatic rings. The molecule has 1 rings (SSSR count). The fourth-order valence-corrected chi connectivity index (χ4v) is 1.40. The molecule has 0 saturated carbocycles. The van der Waals surface area contributed by atoms with E-state index in [1.54, 1.807) is 13.1 Å². The maximum absolute atomic E-state index is 11.7. The Hall–Kier alpha value is -1.89. The number of hydrogen-bond acceptors (Lipinski definition) is 4. The number of rotatable bonds is 7. The van der Waals surface area contributed by atoms with E-state index < -0.39 is 5.97 Å². The molecular weight excluding hydrogens is 238 g/mol. The number of nitrogens with one attached hydrogen (secondary N) is 1. The highest BCUT2D eigenvalue weighted by molar-refractivity contribution is 5.92. The van der Waals surface area contributed by atoms with Crippen LogP contribution in [0.25, 0.3) is 0 Å². The van der Waals surface area contributed by atoms with Gasteiger partial charge in [0, 0.05) is 13.6 Å². The number of hydrogen-bond donors (Lipinski definition) is 2. The molecule has 1 aromatic rings. The topological polar surface area (TPSA) is 93.5 Å². The Balaban J connectivity index is 2.36. The van der Waals surface area contributed by atoms with Crippen LogP contribution in [0.2, 0.25) is 0 Å². The summed E-state index contributed by atoms with van der Waals surface area (Å²) in [5.74, 6) is -1.27. The predicted molar refractivity (Wildman–Crippen MR) is 63.4 cm³/mol. The lowest BCUT2D eigenvalue weighted by Gasteiger charge is -2.05. The smallest absolute Gasteiger partial charge is 0.329 e. The normalized spacial score (nSPS) is 10.3. The van der Waals surface area contributed by atoms with Crippen LogP contribution in [0.4, 0.5) is 0 Å². The lowest BCUT2D eigenvalue weighted by molar-refractivity contribution is -0.142. The van der Waals surface area contributed by atoms with E-state index in [1.165, 1.54) is 4.68 Å². The van der Waals surface area contributed by atoms with E-state index >= 15 is 0 Å². The van der Waals surface area contributed by atoms with Crippen LogP contribution in [0.3, 0.4) is 0 Å². The summed E-state index contributed by atoms with van der Waals surface area (Å²) in [7, 11) is 1.70. The van der Waals surface area contributed by atoms with Crippen LogP contribution in [0.15, 0.2) is 6.07 Å². The monoisotopic (exact) mass is 255 g/mol. The summed E-state index contributed by atoms with van der Waals surface area (Å²) in [5.41, 5.74) is 1.33. The summed E-state index contributed by atoms with van der Waals surface area (Å²) in [4.78, 5) is 21.9. The minimum atomic E-state index is -1.03. The van der Waals surface area contributed by atoms with Crippen molar-refractivity contribution in [2.24, 2.45) is 7.05 Å². The molecular formula is C11H17N3O4. The number of nitrogens with zero attached hydrogens (tertiary/aromatic N) is 2. The Bertz CT molecular complexity index is 428. The van der Waals surface area contributed by atoms with Crippen molar-refractivity contribution in [3.05, 3.63) is 17.5 Å². The number of aliphatic carboxylic acids is 1. The molecule has 0 fully saturated rings. The van der Waals surface area contributed by atoms with Crippen molar-refractivity contribution in [1.82, 2.24) is 15.1 Å². The van der Waals surface area contributed by atoms with E-state index in [1.807, 2.05) is 6.92 Å². The molecule has 7 nitrogen and oxygen atoms in total. The molecule has 1 heterocycles. The first-order chi connectivity index (χ1) is 8.54. The molecule has 1 amide bonds. The van der Waals surface area contributed by atoms with Crippen LogP contribution >= 0.6 is 0 Å². The number of carboxylic acid groups (broad SMARTS) is 1. The second-order valence-corrected chi connectivity index (χ2v) is 3.70. The molecule has 7 heteroatoms.